The van der Waals surface area contributed by atoms with Crippen molar-refractivity contribution in [2.75, 3.05) is 18.0 Å². The summed E-state index contributed by atoms with van der Waals surface area (Å²) in [6.07, 6.45) is 2.06. The first-order valence-corrected chi connectivity index (χ1v) is 7.41. The van der Waals surface area contributed by atoms with E-state index in [1.807, 2.05) is 6.07 Å². The van der Waals surface area contributed by atoms with Gasteiger partial charge in [0, 0.05) is 23.2 Å². The Morgan fingerprint density at radius 2 is 1.89 bits per heavy atom. The van der Waals surface area contributed by atoms with Crippen LogP contribution in [0.3, 0.4) is 0 Å². The third kappa shape index (κ3) is 3.07. The van der Waals surface area contributed by atoms with Gasteiger partial charge < -0.3 is 10.0 Å². The van der Waals surface area contributed by atoms with E-state index in [2.05, 4.69) is 46.8 Å². The molecular weight excluding hydrogens is 290 g/mol. The van der Waals surface area contributed by atoms with Crippen molar-refractivity contribution in [3.8, 4) is 0 Å². The molecule has 1 aliphatic heterocycles. The van der Waals surface area contributed by atoms with E-state index in [1.54, 1.807) is 6.92 Å². The summed E-state index contributed by atoms with van der Waals surface area (Å²) in [6.45, 7) is 8.72. The van der Waals surface area contributed by atoms with E-state index in [1.165, 1.54) is 18.5 Å². The maximum Gasteiger partial charge on any atom is 0.0772 e. The van der Waals surface area contributed by atoms with Crippen LogP contribution in [0.1, 0.15) is 45.3 Å². The van der Waals surface area contributed by atoms with E-state index in [0.29, 0.717) is 5.41 Å². The lowest BCUT2D eigenvalue weighted by Crippen LogP contribution is -2.37. The smallest absolute Gasteiger partial charge is 0.0772 e. The normalized spacial score (nSPS) is 20.8. The van der Waals surface area contributed by atoms with E-state index in [0.717, 1.165) is 23.1 Å². The Labute approximate surface area is 118 Å². The summed E-state index contributed by atoms with van der Waals surface area (Å²) in [5, 5.41) is 9.63. The molecule has 0 radical (unpaired) electrons. The monoisotopic (exact) mass is 311 g/mol. The predicted octanol–water partition coefficient (Wildman–Crippen LogP) is 4.13. The number of benzene rings is 1. The van der Waals surface area contributed by atoms with Crippen LogP contribution >= 0.6 is 15.9 Å². The summed E-state index contributed by atoms with van der Waals surface area (Å²) >= 11 is 3.55. The number of nitrogens with zero attached hydrogens (tertiary/aromatic N) is 1. The fraction of sp³-hybridized carbons (Fsp3) is 0.600. The molecule has 2 rings (SSSR count). The highest BCUT2D eigenvalue weighted by molar-refractivity contribution is 9.10. The zero-order valence-electron chi connectivity index (χ0n) is 11.4. The molecular formula is C15H22BrNO. The highest BCUT2D eigenvalue weighted by Gasteiger charge is 2.25. The molecule has 1 N–H and O–H groups in total. The fourth-order valence-electron chi connectivity index (χ4n) is 2.42. The first-order valence-electron chi connectivity index (χ1n) is 6.61. The summed E-state index contributed by atoms with van der Waals surface area (Å²) in [6, 6.07) is 6.26. The summed E-state index contributed by atoms with van der Waals surface area (Å²) in [7, 11) is 0. The number of hydrogen-bond acceptors (Lipinski definition) is 2. The lowest BCUT2D eigenvalue weighted by molar-refractivity contribution is 0.198. The van der Waals surface area contributed by atoms with Crippen LogP contribution < -0.4 is 4.90 Å². The fourth-order valence-corrected chi connectivity index (χ4v) is 3.12. The zero-order chi connectivity index (χ0) is 13.3. The van der Waals surface area contributed by atoms with Gasteiger partial charge >= 0.3 is 0 Å². The number of aliphatic hydroxyl groups excluding tert-OH is 1. The van der Waals surface area contributed by atoms with E-state index < -0.39 is 6.10 Å². The Hall–Kier alpha value is -0.540. The molecule has 1 saturated heterocycles. The van der Waals surface area contributed by atoms with Crippen LogP contribution in [0.15, 0.2) is 22.7 Å². The van der Waals surface area contributed by atoms with Crippen LogP contribution in [0.5, 0.6) is 0 Å². The second-order valence-corrected chi connectivity index (χ2v) is 6.89. The molecule has 2 nitrogen and oxygen atoms in total. The molecule has 0 aliphatic carbocycles. The van der Waals surface area contributed by atoms with Gasteiger partial charge in [-0.15, -0.1) is 0 Å². The molecule has 1 unspecified atom stereocenters. The first-order chi connectivity index (χ1) is 8.39. The molecule has 0 bridgehead atoms. The zero-order valence-corrected chi connectivity index (χ0v) is 13.0. The van der Waals surface area contributed by atoms with Gasteiger partial charge in [-0.25, -0.2) is 0 Å². The molecule has 0 aromatic heterocycles. The van der Waals surface area contributed by atoms with Crippen molar-refractivity contribution in [1.29, 1.82) is 0 Å². The molecule has 0 saturated carbocycles. The van der Waals surface area contributed by atoms with E-state index >= 15 is 0 Å². The molecule has 1 aromatic rings. The molecule has 1 aromatic carbocycles. The minimum atomic E-state index is -0.422. The van der Waals surface area contributed by atoms with Crippen molar-refractivity contribution in [3.05, 3.63) is 28.2 Å². The second kappa shape index (κ2) is 5.22. The highest BCUT2D eigenvalue weighted by Crippen LogP contribution is 2.34. The predicted molar refractivity (Wildman–Crippen MR) is 80.0 cm³/mol. The van der Waals surface area contributed by atoms with Crippen molar-refractivity contribution >= 4 is 21.6 Å². The standard InChI is InChI=1S/C15H22BrNO/c1-11(18)13-5-4-12(10-14(13)16)17-8-6-15(2,3)7-9-17/h4-5,10-11,18H,6-9H2,1-3H3. The molecule has 1 heterocycles. The lowest BCUT2D eigenvalue weighted by atomic mass is 9.82. The van der Waals surface area contributed by atoms with Gasteiger partial charge in [-0.1, -0.05) is 35.8 Å². The Bertz CT molecular complexity index is 419. The summed E-state index contributed by atoms with van der Waals surface area (Å²) < 4.78 is 1.000. The largest absolute Gasteiger partial charge is 0.389 e. The number of piperidine rings is 1. The van der Waals surface area contributed by atoms with Gasteiger partial charge in [0.25, 0.3) is 0 Å². The van der Waals surface area contributed by atoms with Crippen molar-refractivity contribution in [3.63, 3.8) is 0 Å². The third-order valence-corrected chi connectivity index (χ3v) is 4.60. The Balaban J connectivity index is 2.13. The number of aliphatic hydroxyl groups is 1. The molecule has 0 spiro atoms. The van der Waals surface area contributed by atoms with Gasteiger partial charge in [0.2, 0.25) is 0 Å². The molecule has 1 atom stereocenters. The van der Waals surface area contributed by atoms with E-state index in [9.17, 15) is 5.11 Å². The van der Waals surface area contributed by atoms with Crippen LogP contribution in [0, 0.1) is 5.41 Å². The topological polar surface area (TPSA) is 23.5 Å². The van der Waals surface area contributed by atoms with Crippen LogP contribution in [0.4, 0.5) is 5.69 Å². The van der Waals surface area contributed by atoms with Crippen LogP contribution in [-0.2, 0) is 0 Å². The Morgan fingerprint density at radius 1 is 1.28 bits per heavy atom. The quantitative estimate of drug-likeness (QED) is 0.887. The van der Waals surface area contributed by atoms with Crippen LogP contribution in [0.2, 0.25) is 0 Å². The number of rotatable bonds is 2. The number of hydrogen-bond donors (Lipinski definition) is 1. The van der Waals surface area contributed by atoms with Gasteiger partial charge in [0.15, 0.2) is 0 Å². The van der Waals surface area contributed by atoms with Gasteiger partial charge in [0.1, 0.15) is 0 Å². The van der Waals surface area contributed by atoms with Gasteiger partial charge in [-0.2, -0.15) is 0 Å². The SMILES string of the molecule is CC(O)c1ccc(N2CCC(C)(C)CC2)cc1Br. The van der Waals surface area contributed by atoms with Gasteiger partial charge in [-0.05, 0) is 42.9 Å². The van der Waals surface area contributed by atoms with Gasteiger partial charge in [0.05, 0.1) is 6.10 Å². The molecule has 1 fully saturated rings. The first kappa shape index (κ1) is 13.9. The summed E-state index contributed by atoms with van der Waals surface area (Å²) in [5.74, 6) is 0. The minimum Gasteiger partial charge on any atom is -0.389 e. The number of halogens is 1. The van der Waals surface area contributed by atoms with Crippen LogP contribution in [-0.4, -0.2) is 18.2 Å². The average molecular weight is 312 g/mol. The second-order valence-electron chi connectivity index (χ2n) is 6.03. The van der Waals surface area contributed by atoms with Gasteiger partial charge in [-0.3, -0.25) is 0 Å². The molecule has 18 heavy (non-hydrogen) atoms. The van der Waals surface area contributed by atoms with Crippen molar-refractivity contribution in [2.24, 2.45) is 5.41 Å². The van der Waals surface area contributed by atoms with Crippen molar-refractivity contribution < 1.29 is 5.11 Å². The Kier molecular flexibility index (Phi) is 4.02. The Morgan fingerprint density at radius 3 is 2.39 bits per heavy atom. The van der Waals surface area contributed by atoms with Crippen LogP contribution in [0.25, 0.3) is 0 Å². The van der Waals surface area contributed by atoms with E-state index in [-0.39, 0.29) is 0 Å². The maximum absolute atomic E-state index is 9.63. The molecule has 0 amide bonds. The van der Waals surface area contributed by atoms with Crippen molar-refractivity contribution in [2.45, 2.75) is 39.7 Å². The highest BCUT2D eigenvalue weighted by atomic mass is 79.9. The van der Waals surface area contributed by atoms with E-state index in [4.69, 9.17) is 0 Å². The lowest BCUT2D eigenvalue weighted by Gasteiger charge is -2.38. The summed E-state index contributed by atoms with van der Waals surface area (Å²) in [5.41, 5.74) is 2.69. The van der Waals surface area contributed by atoms with Crippen molar-refractivity contribution in [1.82, 2.24) is 0 Å². The molecule has 3 heteroatoms. The summed E-state index contributed by atoms with van der Waals surface area (Å²) in [4.78, 5) is 2.43. The third-order valence-electron chi connectivity index (χ3n) is 3.92. The molecule has 100 valence electrons. The average Bonchev–Trinajstić information content (AvgIpc) is 2.28. The number of anilines is 1. The minimum absolute atomic E-state index is 0.422. The maximum atomic E-state index is 9.63. The molecule has 1 aliphatic rings.